The third-order valence-corrected chi connectivity index (χ3v) is 20.8. The molecule has 13 rings (SSSR count). The molecular weight excluding hydrogens is 2110 g/mol. The first-order valence-corrected chi connectivity index (χ1v) is 38.8. The number of ether oxygens (including phenoxy) is 3. The molecular formula is C75H52BBr11INO11. The van der Waals surface area contributed by atoms with E-state index in [0.29, 0.717) is 39.0 Å². The van der Waals surface area contributed by atoms with Crippen LogP contribution in [0.4, 0.5) is 5.69 Å². The number of aromatic carboxylic acids is 1. The van der Waals surface area contributed by atoms with Crippen LogP contribution in [0.5, 0.6) is 0 Å². The second kappa shape index (κ2) is 39.6. The third kappa shape index (κ3) is 23.4. The van der Waals surface area contributed by atoms with E-state index in [2.05, 4.69) is 244 Å². The van der Waals surface area contributed by atoms with Gasteiger partial charge in [0.2, 0.25) is 0 Å². The largest absolute Gasteiger partial charge is 0.488 e. The lowest BCUT2D eigenvalue weighted by Gasteiger charge is -2.09. The maximum Gasteiger partial charge on any atom is 0.488 e. The molecule has 0 bridgehead atoms. The molecule has 2 aliphatic carbocycles. The van der Waals surface area contributed by atoms with Gasteiger partial charge in [0.25, 0.3) is 0 Å². The van der Waals surface area contributed by atoms with Crippen molar-refractivity contribution in [1.82, 2.24) is 0 Å². The van der Waals surface area contributed by atoms with Crippen molar-refractivity contribution in [3.63, 3.8) is 0 Å². The summed E-state index contributed by atoms with van der Waals surface area (Å²) < 4.78 is 25.5. The molecule has 0 amide bonds. The number of hydrogen-bond acceptors (Lipinski definition) is 11. The van der Waals surface area contributed by atoms with Gasteiger partial charge in [-0.05, 0) is 254 Å². The molecule has 0 unspecified atom stereocenters. The van der Waals surface area contributed by atoms with Gasteiger partial charge in [0, 0.05) is 69.6 Å². The summed E-state index contributed by atoms with van der Waals surface area (Å²) in [5.74, 6) is -1.86. The molecule has 0 aromatic heterocycles. The van der Waals surface area contributed by atoms with Gasteiger partial charge in [0.1, 0.15) is 0 Å². The van der Waals surface area contributed by atoms with Gasteiger partial charge in [0.15, 0.2) is 5.78 Å². The summed E-state index contributed by atoms with van der Waals surface area (Å²) in [6, 6.07) is 67.8. The molecule has 11 aromatic rings. The zero-order chi connectivity index (χ0) is 73.1. The first kappa shape index (κ1) is 82.1. The smallest absolute Gasteiger partial charge is 0.478 e. The Morgan fingerprint density at radius 1 is 0.360 bits per heavy atom. The molecule has 0 fully saturated rings. The van der Waals surface area contributed by atoms with Crippen molar-refractivity contribution in [2.45, 2.75) is 6.42 Å². The lowest BCUT2D eigenvalue weighted by atomic mass is 9.81. The van der Waals surface area contributed by atoms with Gasteiger partial charge in [-0.25, -0.2) is 19.2 Å². The number of benzene rings is 11. The minimum atomic E-state index is -1.37. The topological polar surface area (TPSA) is 200 Å². The van der Waals surface area contributed by atoms with Gasteiger partial charge in [-0.2, -0.15) is 0 Å². The van der Waals surface area contributed by atoms with Crippen LogP contribution >= 0.6 is 198 Å². The molecule has 25 heteroatoms. The van der Waals surface area contributed by atoms with E-state index in [-0.39, 0.29) is 17.7 Å². The number of carbonyl (C=O) groups excluding carboxylic acids is 4. The maximum atomic E-state index is 12.1. The zero-order valence-electron chi connectivity index (χ0n) is 52.3. The van der Waals surface area contributed by atoms with Crippen molar-refractivity contribution in [2.75, 3.05) is 27.1 Å². The van der Waals surface area contributed by atoms with E-state index in [4.69, 9.17) is 25.6 Å². The van der Waals surface area contributed by atoms with E-state index in [9.17, 15) is 24.0 Å². The number of hydrogen-bond donors (Lipinski definition) is 4. The highest BCUT2D eigenvalue weighted by atomic mass is 127. The van der Waals surface area contributed by atoms with Crippen molar-refractivity contribution in [3.8, 4) is 44.5 Å². The summed E-state index contributed by atoms with van der Waals surface area (Å²) >= 11 is 39.2. The van der Waals surface area contributed by atoms with E-state index < -0.39 is 19.1 Å². The Kier molecular flexibility index (Phi) is 32.5. The van der Waals surface area contributed by atoms with Crippen LogP contribution < -0.4 is 11.2 Å². The number of ketones is 1. The van der Waals surface area contributed by atoms with Crippen molar-refractivity contribution >= 4 is 246 Å². The van der Waals surface area contributed by atoms with Gasteiger partial charge in [0.05, 0.1) is 43.6 Å². The summed E-state index contributed by atoms with van der Waals surface area (Å²) in [5.41, 5.74) is 20.9. The Balaban J connectivity index is 0.000000165. The summed E-state index contributed by atoms with van der Waals surface area (Å²) in [5, 5.41) is 26.5. The molecule has 0 radical (unpaired) electrons. The fourth-order valence-corrected chi connectivity index (χ4v) is 14.5. The molecule has 100 heavy (non-hydrogen) atoms. The summed E-state index contributed by atoms with van der Waals surface area (Å²) in [4.78, 5) is 57.1. The first-order valence-electron chi connectivity index (χ1n) is 29.0. The van der Waals surface area contributed by atoms with Crippen LogP contribution in [0.1, 0.15) is 68.5 Å². The average Bonchev–Trinajstić information content (AvgIpc) is 1.57. The normalized spacial score (nSPS) is 10.7. The fraction of sp³-hybridized carbons (Fsp3) is 0.0533. The van der Waals surface area contributed by atoms with Crippen molar-refractivity contribution in [1.29, 1.82) is 0 Å². The predicted molar refractivity (Wildman–Crippen MR) is 446 cm³/mol. The number of carbonyl (C=O) groups is 5. The molecule has 0 saturated heterocycles. The Labute approximate surface area is 684 Å². The van der Waals surface area contributed by atoms with Crippen molar-refractivity contribution in [3.05, 3.63) is 316 Å². The predicted octanol–water partition coefficient (Wildman–Crippen LogP) is 23.2. The SMILES string of the molecule is Brc1ccc2c(c1)Cc1ccc(Br)cc1-2.COC(=O)c1ccc(Br)cc1-c1ccc(Br)cc1.COC(=O)c1ccc(Br)cc1I.COC(=O)c1ccc(Br)cc1N.O=C(O)c1ccc(Br)cc1-c1ccc(Br)cc1.O=C1c2cc(Br)ccc2-c2cc(Br)ccc21.OB(O)c1ccc(Br)cc1. The number of rotatable bonds is 7. The molecule has 2 aliphatic rings. The number of carboxylic acids is 1. The van der Waals surface area contributed by atoms with Gasteiger partial charge in [-0.15, -0.1) is 0 Å². The Morgan fingerprint density at radius 3 is 1.19 bits per heavy atom. The lowest BCUT2D eigenvalue weighted by Crippen LogP contribution is -2.29. The minimum absolute atomic E-state index is 0.110. The summed E-state index contributed by atoms with van der Waals surface area (Å²) in [7, 11) is 2.72. The number of esters is 3. The van der Waals surface area contributed by atoms with Crippen molar-refractivity contribution in [2.24, 2.45) is 0 Å². The van der Waals surface area contributed by atoms with Gasteiger partial charge < -0.3 is 35.1 Å². The number of carboxylic acid groups (broad SMARTS) is 1. The maximum absolute atomic E-state index is 12.1. The second-order valence-corrected chi connectivity index (χ2v) is 32.2. The number of nitrogen functional groups attached to an aromatic ring is 1. The standard InChI is InChI=1S/C14H10Br2O2.C13H8Br2O2.C13H6Br2O.C13H8Br2.C8H6BrIO2.C8H8BrNO2.C6H6BBrO2/c1-18-14(17)12-7-6-11(16)8-13(12)9-2-4-10(15)5-3-9;14-9-3-1-8(2-4-9)12-7-10(15)5-6-11(12)13(16)17;14-7-2-4-10-11(5-7)9-3-1-8(15)6-12(9)13(10)16;14-10-3-4-12-9(6-10)5-8-1-2-11(15)7-13(8)12;2*1-12-8(11)6-3-2-5(9)4-7(6)10;8-6-3-1-5(2-4-6)7(9)10/h2-8H,1H3;1-7H,(H,16,17);1-6H;1-4,6-7H,5H2;2-4H,1H3;2-4H,10H2,1H3;1-4,9-10H. The molecule has 0 aliphatic heterocycles. The van der Waals surface area contributed by atoms with E-state index in [1.54, 1.807) is 66.7 Å². The van der Waals surface area contributed by atoms with Gasteiger partial charge >= 0.3 is 31.0 Å². The molecule has 0 atom stereocenters. The van der Waals surface area contributed by atoms with Gasteiger partial charge in [-0.3, -0.25) is 4.79 Å². The summed E-state index contributed by atoms with van der Waals surface area (Å²) in [6.07, 6.45) is 1.05. The molecule has 0 heterocycles. The fourth-order valence-electron chi connectivity index (χ4n) is 9.62. The molecule has 12 nitrogen and oxygen atoms in total. The highest BCUT2D eigenvalue weighted by Gasteiger charge is 2.27. The third-order valence-electron chi connectivity index (χ3n) is 14.4. The van der Waals surface area contributed by atoms with E-state index in [1.165, 1.54) is 43.6 Å². The van der Waals surface area contributed by atoms with Gasteiger partial charge in [-0.1, -0.05) is 230 Å². The number of nitrogens with two attached hydrogens (primary N) is 1. The van der Waals surface area contributed by atoms with Crippen LogP contribution in [-0.4, -0.2) is 73.3 Å². The van der Waals surface area contributed by atoms with E-state index in [0.717, 1.165) is 98.1 Å². The van der Waals surface area contributed by atoms with Crippen LogP contribution in [-0.2, 0) is 20.6 Å². The second-order valence-electron chi connectivity index (χ2n) is 20.9. The number of fused-ring (bicyclic) bond motifs is 6. The number of methoxy groups -OCH3 is 3. The quantitative estimate of drug-likeness (QED) is 0.0388. The van der Waals surface area contributed by atoms with Crippen LogP contribution in [0, 0.1) is 3.57 Å². The summed E-state index contributed by atoms with van der Waals surface area (Å²) in [6.45, 7) is 0. The minimum Gasteiger partial charge on any atom is -0.478 e. The van der Waals surface area contributed by atoms with E-state index >= 15 is 0 Å². The lowest BCUT2D eigenvalue weighted by molar-refractivity contribution is 0.0591. The van der Waals surface area contributed by atoms with Crippen LogP contribution in [0.15, 0.2) is 268 Å². The Bertz CT molecular complexity index is 4730. The molecule has 5 N–H and O–H groups in total. The highest BCUT2D eigenvalue weighted by Crippen LogP contribution is 2.41. The number of anilines is 1. The van der Waals surface area contributed by atoms with E-state index in [1.807, 2.05) is 115 Å². The van der Waals surface area contributed by atoms with Crippen LogP contribution in [0.2, 0.25) is 0 Å². The number of halogens is 12. The molecule has 510 valence electrons. The first-order chi connectivity index (χ1) is 47.6. The average molecular weight is 2160 g/mol. The van der Waals surface area contributed by atoms with Crippen LogP contribution in [0.3, 0.4) is 0 Å². The molecule has 0 saturated carbocycles. The highest BCUT2D eigenvalue weighted by molar-refractivity contribution is 14.1. The Morgan fingerprint density at radius 2 is 0.710 bits per heavy atom. The monoisotopic (exact) mass is 2150 g/mol. The molecule has 11 aromatic carbocycles. The van der Waals surface area contributed by atoms with Crippen LogP contribution in [0.25, 0.3) is 44.5 Å². The molecule has 0 spiro atoms. The van der Waals surface area contributed by atoms with Crippen molar-refractivity contribution < 1.29 is 53.3 Å². The Hall–Kier alpha value is -5.24. The zero-order valence-corrected chi connectivity index (χ0v) is 71.9.